The smallest absolute Gasteiger partial charge is 0.248 e. The fraction of sp³-hybridized carbons (Fsp3) is 0.143. The molecule has 0 heterocycles. The minimum Gasteiger partial charge on any atom is -0.273 e. The summed E-state index contributed by atoms with van der Waals surface area (Å²) in [5, 5.41) is 15.2. The molecule has 10 heteroatoms. The number of amidine groups is 2. The lowest BCUT2D eigenvalue weighted by molar-refractivity contribution is -0.132. The Kier molecular flexibility index (Phi) is 8.26. The topological polar surface area (TPSA) is 118 Å². The van der Waals surface area contributed by atoms with Crippen molar-refractivity contribution >= 4 is 23.5 Å². The van der Waals surface area contributed by atoms with E-state index in [9.17, 15) is 9.59 Å². The second-order valence-corrected chi connectivity index (χ2v) is 6.16. The molecule has 0 saturated carbocycles. The molecule has 0 atom stereocenters. The second kappa shape index (κ2) is 11.3. The van der Waals surface area contributed by atoms with Gasteiger partial charge in [-0.25, -0.2) is 0 Å². The molecule has 0 aliphatic heterocycles. The van der Waals surface area contributed by atoms with E-state index in [-0.39, 0.29) is 11.7 Å². The Bertz CT molecular complexity index is 967. The van der Waals surface area contributed by atoms with Gasteiger partial charge in [0.1, 0.15) is 11.5 Å². The van der Waals surface area contributed by atoms with Crippen LogP contribution >= 0.6 is 0 Å². The molecular formula is C21H20N8O2. The van der Waals surface area contributed by atoms with Crippen molar-refractivity contribution in [1.29, 1.82) is 5.26 Å². The lowest BCUT2D eigenvalue weighted by Gasteiger charge is -2.22. The fourth-order valence-electron chi connectivity index (χ4n) is 2.63. The third kappa shape index (κ3) is 6.69. The lowest BCUT2D eigenvalue weighted by Crippen LogP contribution is -2.48. The van der Waals surface area contributed by atoms with Gasteiger partial charge in [-0.1, -0.05) is 60.7 Å². The van der Waals surface area contributed by atoms with E-state index in [1.807, 2.05) is 12.1 Å². The van der Waals surface area contributed by atoms with E-state index < -0.39 is 18.2 Å². The molecule has 0 aliphatic rings. The monoisotopic (exact) mass is 416 g/mol. The maximum absolute atomic E-state index is 12.3. The number of benzene rings is 2. The highest BCUT2D eigenvalue weighted by atomic mass is 16.2. The molecular weight excluding hydrogens is 396 g/mol. The van der Waals surface area contributed by atoms with Gasteiger partial charge in [-0.2, -0.15) is 16.8 Å². The molecule has 0 bridgehead atoms. The minimum absolute atomic E-state index is 0.226. The van der Waals surface area contributed by atoms with E-state index in [4.69, 9.17) is 11.8 Å². The molecule has 0 unspecified atom stereocenters. The van der Waals surface area contributed by atoms with Gasteiger partial charge in [-0.15, -0.1) is 4.95 Å². The highest BCUT2D eigenvalue weighted by Crippen LogP contribution is 2.05. The molecule has 0 spiro atoms. The first-order valence-electron chi connectivity index (χ1n) is 9.04. The average Bonchev–Trinajstić information content (AvgIpc) is 2.76. The van der Waals surface area contributed by atoms with Crippen LogP contribution in [0.25, 0.3) is 4.95 Å². The van der Waals surface area contributed by atoms with Crippen molar-refractivity contribution in [3.05, 3.63) is 83.3 Å². The number of hydrazine groups is 2. The van der Waals surface area contributed by atoms with Crippen LogP contribution in [0.5, 0.6) is 0 Å². The van der Waals surface area contributed by atoms with Crippen LogP contribution in [-0.4, -0.2) is 47.6 Å². The van der Waals surface area contributed by atoms with E-state index in [1.54, 1.807) is 54.7 Å². The zero-order chi connectivity index (χ0) is 22.6. The molecule has 0 radical (unpaired) electrons. The molecule has 2 N–H and O–H groups in total. The van der Waals surface area contributed by atoms with E-state index in [0.717, 1.165) is 0 Å². The quantitative estimate of drug-likeness (QED) is 0.196. The Morgan fingerprint density at radius 1 is 0.935 bits per heavy atom. The average molecular weight is 416 g/mol. The van der Waals surface area contributed by atoms with Gasteiger partial charge < -0.3 is 0 Å². The number of aliphatic imine (C=N–C) groups is 1. The van der Waals surface area contributed by atoms with Gasteiger partial charge >= 0.3 is 0 Å². The van der Waals surface area contributed by atoms with Crippen LogP contribution < -0.4 is 10.9 Å². The molecule has 0 aliphatic carbocycles. The predicted molar refractivity (Wildman–Crippen MR) is 115 cm³/mol. The number of rotatable bonds is 4. The van der Waals surface area contributed by atoms with E-state index in [1.165, 1.54) is 24.1 Å². The van der Waals surface area contributed by atoms with E-state index >= 15 is 0 Å². The summed E-state index contributed by atoms with van der Waals surface area (Å²) >= 11 is 0. The van der Waals surface area contributed by atoms with Gasteiger partial charge in [0.25, 0.3) is 0 Å². The van der Waals surface area contributed by atoms with Crippen molar-refractivity contribution in [2.24, 2.45) is 10.1 Å². The Hall–Kier alpha value is -4.70. The van der Waals surface area contributed by atoms with Crippen LogP contribution in [0.15, 0.2) is 70.8 Å². The number of nitriles is 1. The number of carbonyl (C=O) groups is 2. The minimum atomic E-state index is -0.613. The Labute approximate surface area is 179 Å². The number of hydrogen-bond donors (Lipinski definition) is 2. The number of hydrogen-bond acceptors (Lipinski definition) is 5. The molecule has 0 aromatic heterocycles. The third-order valence-electron chi connectivity index (χ3n) is 3.91. The summed E-state index contributed by atoms with van der Waals surface area (Å²) in [4.78, 5) is 31.4. The third-order valence-corrected chi connectivity index (χ3v) is 3.91. The molecule has 10 nitrogen and oxygen atoms in total. The maximum Gasteiger partial charge on any atom is 0.248 e. The first-order chi connectivity index (χ1) is 15.0. The van der Waals surface area contributed by atoms with Crippen LogP contribution in [0.4, 0.5) is 0 Å². The molecule has 156 valence electrons. The fourth-order valence-corrected chi connectivity index (χ4v) is 2.63. The van der Waals surface area contributed by atoms with E-state index in [0.29, 0.717) is 11.1 Å². The Balaban J connectivity index is 1.99. The largest absolute Gasteiger partial charge is 0.273 e. The lowest BCUT2D eigenvalue weighted by atomic mass is 10.2. The highest BCUT2D eigenvalue weighted by molar-refractivity contribution is 6.03. The highest BCUT2D eigenvalue weighted by Gasteiger charge is 2.19. The summed E-state index contributed by atoms with van der Waals surface area (Å²) in [6, 6.07) is 17.7. The number of carbonyl (C=O) groups excluding carboxylic acids is 2. The first-order valence-corrected chi connectivity index (χ1v) is 9.04. The number of nitrogens with one attached hydrogen (secondary N) is 2. The van der Waals surface area contributed by atoms with Crippen molar-refractivity contribution in [3.63, 3.8) is 0 Å². The van der Waals surface area contributed by atoms with Gasteiger partial charge in [0.2, 0.25) is 23.8 Å². The summed E-state index contributed by atoms with van der Waals surface area (Å²) in [7, 11) is 3.03. The normalized spacial score (nSPS) is 11.0. The molecule has 2 amide bonds. The first kappa shape index (κ1) is 22.6. The van der Waals surface area contributed by atoms with Crippen molar-refractivity contribution < 1.29 is 9.59 Å². The summed E-state index contributed by atoms with van der Waals surface area (Å²) in [5.74, 6) is -0.766. The molecule has 2 aromatic carbocycles. The van der Waals surface area contributed by atoms with Crippen molar-refractivity contribution in [3.8, 4) is 6.19 Å². The summed E-state index contributed by atoms with van der Waals surface area (Å²) in [5.41, 5.74) is 6.27. The van der Waals surface area contributed by atoms with Gasteiger partial charge in [0, 0.05) is 25.2 Å². The summed E-state index contributed by atoms with van der Waals surface area (Å²) in [6.45, 7) is 6.99. The zero-order valence-corrected chi connectivity index (χ0v) is 17.0. The molecule has 2 rings (SSSR count). The van der Waals surface area contributed by atoms with E-state index in [2.05, 4.69) is 25.9 Å². The molecule has 0 saturated heterocycles. The van der Waals surface area contributed by atoms with Crippen molar-refractivity contribution in [2.75, 3.05) is 14.1 Å². The van der Waals surface area contributed by atoms with Crippen LogP contribution in [0.2, 0.25) is 0 Å². The standard InChI is InChI=1S/C21H20N8O2/c1-23-25-21(17-12-8-5-9-13-17)29(3)27-19(31)14-18(30)26-28(2)20(24-15-22)16-10-6-4-7-11-16/h4-13H,14H2,2-3H3,(H,26,30)(H,27,31)/b24-20+,25-21+. The summed E-state index contributed by atoms with van der Waals surface area (Å²) in [6.07, 6.45) is 1.20. The number of nitrogens with zero attached hydrogens (tertiary/aromatic N) is 6. The molecule has 0 fully saturated rings. The van der Waals surface area contributed by atoms with Gasteiger partial charge in [-0.3, -0.25) is 30.5 Å². The SMILES string of the molecule is [C-]#[N+]/N=C(\c1ccccc1)N(C)NC(=O)CC(=O)NN(C)/C(=N/C#N)c1ccccc1. The van der Waals surface area contributed by atoms with Gasteiger partial charge in [0.05, 0.1) is 0 Å². The summed E-state index contributed by atoms with van der Waals surface area (Å²) < 4.78 is 0. The van der Waals surface area contributed by atoms with Crippen molar-refractivity contribution in [1.82, 2.24) is 20.9 Å². The Morgan fingerprint density at radius 3 is 1.84 bits per heavy atom. The maximum atomic E-state index is 12.3. The van der Waals surface area contributed by atoms with Gasteiger partial charge in [-0.05, 0) is 0 Å². The van der Waals surface area contributed by atoms with Gasteiger partial charge in [0.15, 0.2) is 5.84 Å². The van der Waals surface area contributed by atoms with Crippen LogP contribution in [-0.2, 0) is 9.59 Å². The van der Waals surface area contributed by atoms with Crippen molar-refractivity contribution in [2.45, 2.75) is 6.42 Å². The molecule has 31 heavy (non-hydrogen) atoms. The van der Waals surface area contributed by atoms with Crippen LogP contribution in [0.3, 0.4) is 0 Å². The number of amides is 2. The Morgan fingerprint density at radius 2 is 1.39 bits per heavy atom. The van der Waals surface area contributed by atoms with Crippen LogP contribution in [0.1, 0.15) is 17.5 Å². The predicted octanol–water partition coefficient (Wildman–Crippen LogP) is 1.51. The zero-order valence-electron chi connectivity index (χ0n) is 17.0. The second-order valence-electron chi connectivity index (χ2n) is 6.16. The molecule has 2 aromatic rings. The van der Waals surface area contributed by atoms with Crippen LogP contribution in [0, 0.1) is 18.0 Å².